The van der Waals surface area contributed by atoms with Crippen LogP contribution in [0, 0.1) is 20.2 Å². The number of nitro benzene ring substituents is 2. The van der Waals surface area contributed by atoms with Gasteiger partial charge in [0.15, 0.2) is 11.5 Å². The summed E-state index contributed by atoms with van der Waals surface area (Å²) in [6, 6.07) is 14.9. The Morgan fingerprint density at radius 3 is 1.51 bits per heavy atom. The quantitative estimate of drug-likeness (QED) is 0.204. The van der Waals surface area contributed by atoms with Crippen LogP contribution in [0.1, 0.15) is 16.7 Å². The van der Waals surface area contributed by atoms with Crippen LogP contribution in [0.5, 0.6) is 11.5 Å². The predicted molar refractivity (Wildman–Crippen MR) is 119 cm³/mol. The zero-order valence-corrected chi connectivity index (χ0v) is 17.6. The number of nitrogens with zero attached hydrogens (tertiary/aromatic N) is 2. The van der Waals surface area contributed by atoms with E-state index in [9.17, 15) is 30.4 Å². The number of phenols is 2. The predicted octanol–water partition coefficient (Wildman–Crippen LogP) is 5.96. The van der Waals surface area contributed by atoms with E-state index < -0.39 is 55.4 Å². The molecule has 35 heavy (non-hydrogen) atoms. The van der Waals surface area contributed by atoms with Gasteiger partial charge >= 0.3 is 17.6 Å². The maximum Gasteiger partial charge on any atom is 0.406 e. The van der Waals surface area contributed by atoms with E-state index in [0.717, 1.165) is 24.3 Å². The Labute approximate surface area is 194 Å². The first-order valence-electron chi connectivity index (χ1n) is 9.98. The van der Waals surface area contributed by atoms with Crippen molar-refractivity contribution < 1.29 is 33.2 Å². The topological polar surface area (TPSA) is 127 Å². The molecule has 11 heteroatoms. The first kappa shape index (κ1) is 23.5. The molecular weight excluding hydrogens is 469 g/mol. The number of nitro groups is 2. The van der Waals surface area contributed by atoms with Crippen LogP contribution in [0.25, 0.3) is 10.8 Å². The molecule has 0 fully saturated rings. The van der Waals surface area contributed by atoms with E-state index in [1.807, 2.05) is 0 Å². The van der Waals surface area contributed by atoms with E-state index in [2.05, 4.69) is 0 Å². The molecule has 0 bridgehead atoms. The van der Waals surface area contributed by atoms with Gasteiger partial charge in [-0.1, -0.05) is 48.5 Å². The zero-order valence-electron chi connectivity index (χ0n) is 17.6. The molecule has 0 aliphatic heterocycles. The lowest BCUT2D eigenvalue weighted by atomic mass is 9.68. The van der Waals surface area contributed by atoms with Crippen molar-refractivity contribution in [2.45, 2.75) is 11.6 Å². The van der Waals surface area contributed by atoms with Crippen molar-refractivity contribution in [2.75, 3.05) is 0 Å². The molecule has 4 rings (SSSR count). The highest BCUT2D eigenvalue weighted by Gasteiger charge is 2.59. The van der Waals surface area contributed by atoms with Crippen molar-refractivity contribution in [1.29, 1.82) is 0 Å². The maximum atomic E-state index is 15.2. The second-order valence-corrected chi connectivity index (χ2v) is 7.73. The molecule has 0 atom stereocenters. The third-order valence-corrected chi connectivity index (χ3v) is 5.82. The number of benzene rings is 4. The Bertz CT molecular complexity index is 1420. The highest BCUT2D eigenvalue weighted by atomic mass is 19.4. The van der Waals surface area contributed by atoms with Crippen LogP contribution in [0.4, 0.5) is 24.5 Å². The van der Waals surface area contributed by atoms with Crippen LogP contribution in [0.15, 0.2) is 78.9 Å². The van der Waals surface area contributed by atoms with Gasteiger partial charge in [-0.15, -0.1) is 0 Å². The molecule has 0 aliphatic carbocycles. The maximum absolute atomic E-state index is 15.2. The molecule has 0 radical (unpaired) electrons. The summed E-state index contributed by atoms with van der Waals surface area (Å²) in [6.45, 7) is 0. The Kier molecular flexibility index (Phi) is 5.55. The van der Waals surface area contributed by atoms with E-state index >= 15 is 13.2 Å². The van der Waals surface area contributed by atoms with Crippen LogP contribution >= 0.6 is 0 Å². The monoisotopic (exact) mass is 484 g/mol. The van der Waals surface area contributed by atoms with Crippen molar-refractivity contribution in [3.8, 4) is 11.5 Å². The number of phenolic OH excluding ortho intramolecular Hbond substituents is 2. The second kappa shape index (κ2) is 8.28. The van der Waals surface area contributed by atoms with Gasteiger partial charge < -0.3 is 10.2 Å². The minimum Gasteiger partial charge on any atom is -0.502 e. The Morgan fingerprint density at radius 2 is 1.06 bits per heavy atom. The number of halogens is 3. The van der Waals surface area contributed by atoms with Gasteiger partial charge in [0.2, 0.25) is 0 Å². The number of rotatable bonds is 5. The van der Waals surface area contributed by atoms with Gasteiger partial charge in [-0.25, -0.2) is 0 Å². The van der Waals surface area contributed by atoms with Crippen LogP contribution in [0.3, 0.4) is 0 Å². The largest absolute Gasteiger partial charge is 0.502 e. The van der Waals surface area contributed by atoms with Gasteiger partial charge in [-0.2, -0.15) is 13.2 Å². The molecule has 0 heterocycles. The van der Waals surface area contributed by atoms with Gasteiger partial charge in [0.1, 0.15) is 5.41 Å². The number of aromatic hydroxyl groups is 2. The van der Waals surface area contributed by atoms with Crippen LogP contribution < -0.4 is 0 Å². The van der Waals surface area contributed by atoms with E-state index in [1.165, 1.54) is 18.2 Å². The first-order chi connectivity index (χ1) is 16.5. The Hall–Kier alpha value is -4.67. The highest BCUT2D eigenvalue weighted by molar-refractivity contribution is 5.84. The fraction of sp³-hybridized carbons (Fsp3) is 0.0833. The standard InChI is InChI=1S/C24H15F3N2O6/c25-24(26,27)23(17-7-9-21(30)19(12-17)28(32)33,18-8-10-22(31)20(13-18)29(34)35)16-6-5-14-3-1-2-4-15(14)11-16/h1-13,30-31H. The fourth-order valence-electron chi connectivity index (χ4n) is 4.22. The lowest BCUT2D eigenvalue weighted by Gasteiger charge is -2.37. The van der Waals surface area contributed by atoms with Gasteiger partial charge in [-0.3, -0.25) is 20.2 Å². The van der Waals surface area contributed by atoms with Crippen molar-refractivity contribution in [2.24, 2.45) is 0 Å². The lowest BCUT2D eigenvalue weighted by molar-refractivity contribution is -0.386. The fourth-order valence-corrected chi connectivity index (χ4v) is 4.22. The smallest absolute Gasteiger partial charge is 0.406 e. The summed E-state index contributed by atoms with van der Waals surface area (Å²) in [5.74, 6) is -1.69. The number of alkyl halides is 3. The van der Waals surface area contributed by atoms with Crippen LogP contribution in [-0.4, -0.2) is 26.2 Å². The van der Waals surface area contributed by atoms with E-state index in [0.29, 0.717) is 22.9 Å². The lowest BCUT2D eigenvalue weighted by Crippen LogP contribution is -2.44. The molecule has 0 saturated carbocycles. The molecule has 0 amide bonds. The molecule has 0 spiro atoms. The first-order valence-corrected chi connectivity index (χ1v) is 9.98. The van der Waals surface area contributed by atoms with Crippen LogP contribution in [-0.2, 0) is 5.41 Å². The van der Waals surface area contributed by atoms with Gasteiger partial charge in [-0.05, 0) is 45.7 Å². The Balaban J connectivity index is 2.19. The minimum absolute atomic E-state index is 0.372. The van der Waals surface area contributed by atoms with Crippen molar-refractivity contribution >= 4 is 22.1 Å². The number of hydrogen-bond acceptors (Lipinski definition) is 6. The summed E-state index contributed by atoms with van der Waals surface area (Å²) in [7, 11) is 0. The molecule has 2 N–H and O–H groups in total. The second-order valence-electron chi connectivity index (χ2n) is 7.73. The summed E-state index contributed by atoms with van der Waals surface area (Å²) in [4.78, 5) is 20.8. The summed E-state index contributed by atoms with van der Waals surface area (Å²) in [5.41, 5.74) is -6.73. The molecule has 0 aromatic heterocycles. The Morgan fingerprint density at radius 1 is 0.629 bits per heavy atom. The van der Waals surface area contributed by atoms with Gasteiger partial charge in [0.05, 0.1) is 9.85 Å². The van der Waals surface area contributed by atoms with Crippen LogP contribution in [0.2, 0.25) is 0 Å². The van der Waals surface area contributed by atoms with Crippen molar-refractivity contribution in [3.05, 3.63) is 116 Å². The van der Waals surface area contributed by atoms with E-state index in [4.69, 9.17) is 0 Å². The molecule has 4 aromatic rings. The molecular formula is C24H15F3N2O6. The minimum atomic E-state index is -5.18. The van der Waals surface area contributed by atoms with Gasteiger partial charge in [0, 0.05) is 12.1 Å². The van der Waals surface area contributed by atoms with Gasteiger partial charge in [0.25, 0.3) is 0 Å². The third-order valence-electron chi connectivity index (χ3n) is 5.82. The summed E-state index contributed by atoms with van der Waals surface area (Å²) in [5, 5.41) is 43.6. The highest BCUT2D eigenvalue weighted by Crippen LogP contribution is 2.53. The SMILES string of the molecule is O=[N+]([O-])c1cc(C(c2ccc(O)c([N+](=O)[O-])c2)(c2ccc3ccccc3c2)C(F)(F)F)ccc1O. The van der Waals surface area contributed by atoms with Crippen molar-refractivity contribution in [1.82, 2.24) is 0 Å². The normalized spacial score (nSPS) is 12.0. The van der Waals surface area contributed by atoms with E-state index in [1.54, 1.807) is 24.3 Å². The average molecular weight is 484 g/mol. The third kappa shape index (κ3) is 3.76. The molecule has 8 nitrogen and oxygen atoms in total. The summed E-state index contributed by atoms with van der Waals surface area (Å²) >= 11 is 0. The molecule has 4 aromatic carbocycles. The summed E-state index contributed by atoms with van der Waals surface area (Å²) < 4.78 is 45.7. The molecule has 178 valence electrons. The van der Waals surface area contributed by atoms with E-state index in [-0.39, 0.29) is 5.56 Å². The number of fused-ring (bicyclic) bond motifs is 1. The molecule has 0 unspecified atom stereocenters. The zero-order chi connectivity index (χ0) is 25.5. The molecule has 0 aliphatic rings. The average Bonchev–Trinajstić information content (AvgIpc) is 2.80. The summed E-state index contributed by atoms with van der Waals surface area (Å²) in [6.07, 6.45) is -5.18. The number of hydrogen-bond donors (Lipinski definition) is 2. The van der Waals surface area contributed by atoms with Crippen molar-refractivity contribution in [3.63, 3.8) is 0 Å². The molecule has 0 saturated heterocycles.